The number of anilines is 1. The number of ether oxygens (including phenoxy) is 1. The number of β-amino-alcohol motifs (C(OH)–C–C–N with tert-alkyl or cyclic N) is 1. The van der Waals surface area contributed by atoms with Crippen LogP contribution in [0.25, 0.3) is 0 Å². The van der Waals surface area contributed by atoms with Crippen molar-refractivity contribution in [3.63, 3.8) is 0 Å². The highest BCUT2D eigenvalue weighted by molar-refractivity contribution is 7.92. The maximum absolute atomic E-state index is 13.4. The van der Waals surface area contributed by atoms with Gasteiger partial charge in [-0.05, 0) is 54.7 Å². The molecule has 170 valence electrons. The standard InChI is InChI=1S/C24H34N2O4S/c1-5-19-6-10-21(11-7-19)26(15-18(2)3)31(28,29)22-12-8-20(9-13-22)23(27)14-25-24(4)16-30-17-24/h6-13,18,23,25,27H,5,14-17H2,1-4H3. The van der Waals surface area contributed by atoms with Crippen LogP contribution in [-0.4, -0.2) is 45.4 Å². The molecule has 31 heavy (non-hydrogen) atoms. The Balaban J connectivity index is 1.78. The quantitative estimate of drug-likeness (QED) is 0.584. The first-order valence-electron chi connectivity index (χ1n) is 10.9. The summed E-state index contributed by atoms with van der Waals surface area (Å²) in [6.07, 6.45) is 0.185. The minimum absolute atomic E-state index is 0.102. The molecule has 2 aromatic rings. The van der Waals surface area contributed by atoms with Crippen molar-refractivity contribution in [3.8, 4) is 0 Å². The smallest absolute Gasteiger partial charge is 0.264 e. The number of aryl methyl sites for hydroxylation is 1. The molecule has 1 aliphatic heterocycles. The van der Waals surface area contributed by atoms with Gasteiger partial charge < -0.3 is 15.2 Å². The molecular formula is C24H34N2O4S. The lowest BCUT2D eigenvalue weighted by molar-refractivity contribution is -0.0679. The Kier molecular flexibility index (Phi) is 7.42. The first-order chi connectivity index (χ1) is 14.6. The molecule has 7 heteroatoms. The summed E-state index contributed by atoms with van der Waals surface area (Å²) >= 11 is 0. The second kappa shape index (κ2) is 9.69. The van der Waals surface area contributed by atoms with Gasteiger partial charge in [-0.15, -0.1) is 0 Å². The van der Waals surface area contributed by atoms with Crippen molar-refractivity contribution in [1.29, 1.82) is 0 Å². The van der Waals surface area contributed by atoms with Gasteiger partial charge in [0, 0.05) is 13.1 Å². The van der Waals surface area contributed by atoms with Gasteiger partial charge in [0.15, 0.2) is 0 Å². The van der Waals surface area contributed by atoms with Gasteiger partial charge in [0.1, 0.15) is 0 Å². The molecule has 1 aliphatic rings. The number of rotatable bonds is 10. The second-order valence-corrected chi connectivity index (χ2v) is 10.8. The fourth-order valence-electron chi connectivity index (χ4n) is 3.53. The zero-order valence-electron chi connectivity index (χ0n) is 18.8. The zero-order chi connectivity index (χ0) is 22.6. The SMILES string of the molecule is CCc1ccc(N(CC(C)C)S(=O)(=O)c2ccc(C(O)CNC3(C)COC3)cc2)cc1. The predicted octanol–water partition coefficient (Wildman–Crippen LogP) is 3.51. The van der Waals surface area contributed by atoms with Gasteiger partial charge in [-0.3, -0.25) is 4.31 Å². The molecule has 1 saturated heterocycles. The van der Waals surface area contributed by atoms with E-state index in [9.17, 15) is 13.5 Å². The van der Waals surface area contributed by atoms with Gasteiger partial charge in [-0.1, -0.05) is 45.0 Å². The van der Waals surface area contributed by atoms with E-state index in [0.717, 1.165) is 6.42 Å². The summed E-state index contributed by atoms with van der Waals surface area (Å²) in [6.45, 7) is 10.2. The molecule has 0 spiro atoms. The van der Waals surface area contributed by atoms with Crippen LogP contribution >= 0.6 is 0 Å². The lowest BCUT2D eigenvalue weighted by Gasteiger charge is -2.39. The van der Waals surface area contributed by atoms with Crippen LogP contribution in [0.4, 0.5) is 5.69 Å². The van der Waals surface area contributed by atoms with Crippen molar-refractivity contribution in [2.45, 2.75) is 50.7 Å². The Labute approximate surface area is 186 Å². The molecule has 2 N–H and O–H groups in total. The van der Waals surface area contributed by atoms with Crippen LogP contribution in [0.5, 0.6) is 0 Å². The van der Waals surface area contributed by atoms with Crippen LogP contribution in [-0.2, 0) is 21.2 Å². The van der Waals surface area contributed by atoms with Gasteiger partial charge in [-0.25, -0.2) is 8.42 Å². The average Bonchev–Trinajstić information content (AvgIpc) is 2.74. The van der Waals surface area contributed by atoms with Gasteiger partial charge in [0.2, 0.25) is 0 Å². The molecule has 1 heterocycles. The predicted molar refractivity (Wildman–Crippen MR) is 124 cm³/mol. The van der Waals surface area contributed by atoms with Crippen LogP contribution in [0.1, 0.15) is 44.9 Å². The molecule has 0 saturated carbocycles. The highest BCUT2D eigenvalue weighted by Gasteiger charge is 2.33. The van der Waals surface area contributed by atoms with E-state index in [1.54, 1.807) is 24.3 Å². The number of nitrogens with one attached hydrogen (secondary N) is 1. The molecular weight excluding hydrogens is 412 g/mol. The van der Waals surface area contributed by atoms with Crippen LogP contribution in [0, 0.1) is 5.92 Å². The molecule has 1 unspecified atom stereocenters. The third kappa shape index (κ3) is 5.66. The fourth-order valence-corrected chi connectivity index (χ4v) is 5.16. The molecule has 1 fully saturated rings. The van der Waals surface area contributed by atoms with E-state index >= 15 is 0 Å². The van der Waals surface area contributed by atoms with E-state index in [1.807, 2.05) is 38.1 Å². The highest BCUT2D eigenvalue weighted by Crippen LogP contribution is 2.27. The van der Waals surface area contributed by atoms with Gasteiger partial charge >= 0.3 is 0 Å². The Morgan fingerprint density at radius 3 is 2.19 bits per heavy atom. The van der Waals surface area contributed by atoms with E-state index in [-0.39, 0.29) is 16.4 Å². The number of aliphatic hydroxyl groups is 1. The lowest BCUT2D eigenvalue weighted by Crippen LogP contribution is -2.58. The third-order valence-electron chi connectivity index (χ3n) is 5.58. The number of benzene rings is 2. The molecule has 6 nitrogen and oxygen atoms in total. The first kappa shape index (κ1) is 23.7. The Morgan fingerprint density at radius 2 is 1.71 bits per heavy atom. The van der Waals surface area contributed by atoms with Crippen LogP contribution in [0.15, 0.2) is 53.4 Å². The van der Waals surface area contributed by atoms with Gasteiger partial charge in [-0.2, -0.15) is 0 Å². The van der Waals surface area contributed by atoms with Crippen molar-refractivity contribution < 1.29 is 18.3 Å². The molecule has 0 aromatic heterocycles. The Morgan fingerprint density at radius 1 is 1.10 bits per heavy atom. The summed E-state index contributed by atoms with van der Waals surface area (Å²) in [5.74, 6) is 0.171. The topological polar surface area (TPSA) is 78.9 Å². The maximum Gasteiger partial charge on any atom is 0.264 e. The van der Waals surface area contributed by atoms with Crippen molar-refractivity contribution >= 4 is 15.7 Å². The largest absolute Gasteiger partial charge is 0.387 e. The third-order valence-corrected chi connectivity index (χ3v) is 7.39. The summed E-state index contributed by atoms with van der Waals surface area (Å²) in [5.41, 5.74) is 2.41. The van der Waals surface area contributed by atoms with Gasteiger partial charge in [0.05, 0.1) is 35.4 Å². The summed E-state index contributed by atoms with van der Waals surface area (Å²) in [7, 11) is -3.72. The second-order valence-electron chi connectivity index (χ2n) is 8.97. The van der Waals surface area contributed by atoms with Crippen molar-refractivity contribution in [2.75, 3.05) is 30.6 Å². The molecule has 0 bridgehead atoms. The number of sulfonamides is 1. The molecule has 2 aromatic carbocycles. The number of nitrogens with zero attached hydrogens (tertiary/aromatic N) is 1. The molecule has 1 atom stereocenters. The van der Waals surface area contributed by atoms with E-state index in [4.69, 9.17) is 4.74 Å². The van der Waals surface area contributed by atoms with Crippen LogP contribution < -0.4 is 9.62 Å². The van der Waals surface area contributed by atoms with Crippen molar-refractivity contribution in [1.82, 2.24) is 5.32 Å². The summed E-state index contributed by atoms with van der Waals surface area (Å²) in [5, 5.41) is 13.8. The molecule has 0 amide bonds. The van der Waals surface area contributed by atoms with Crippen molar-refractivity contribution in [2.24, 2.45) is 5.92 Å². The Hall–Kier alpha value is -1.93. The Bertz CT molecular complexity index is 952. The van der Waals surface area contributed by atoms with E-state index in [1.165, 1.54) is 9.87 Å². The summed E-state index contributed by atoms with van der Waals surface area (Å²) in [4.78, 5) is 0.219. The van der Waals surface area contributed by atoms with Crippen molar-refractivity contribution in [3.05, 3.63) is 59.7 Å². The number of aliphatic hydroxyl groups excluding tert-OH is 1. The minimum atomic E-state index is -3.72. The fraction of sp³-hybridized carbons (Fsp3) is 0.500. The van der Waals surface area contributed by atoms with E-state index in [0.29, 0.717) is 37.6 Å². The van der Waals surface area contributed by atoms with Gasteiger partial charge in [0.25, 0.3) is 10.0 Å². The number of hydrogen-bond donors (Lipinski definition) is 2. The highest BCUT2D eigenvalue weighted by atomic mass is 32.2. The van der Waals surface area contributed by atoms with E-state index < -0.39 is 16.1 Å². The first-order valence-corrected chi connectivity index (χ1v) is 12.3. The molecule has 0 aliphatic carbocycles. The van der Waals surface area contributed by atoms with E-state index in [2.05, 4.69) is 19.2 Å². The van der Waals surface area contributed by atoms with Crippen LogP contribution in [0.2, 0.25) is 0 Å². The molecule has 3 rings (SSSR count). The average molecular weight is 447 g/mol. The monoisotopic (exact) mass is 446 g/mol. The zero-order valence-corrected chi connectivity index (χ0v) is 19.7. The minimum Gasteiger partial charge on any atom is -0.387 e. The summed E-state index contributed by atoms with van der Waals surface area (Å²) < 4.78 is 33.6. The lowest BCUT2D eigenvalue weighted by atomic mass is 10.00. The maximum atomic E-state index is 13.4. The van der Waals surface area contributed by atoms with Crippen LogP contribution in [0.3, 0.4) is 0 Å². The number of hydrogen-bond acceptors (Lipinski definition) is 5. The molecule has 0 radical (unpaired) electrons. The normalized spacial score (nSPS) is 16.7. The summed E-state index contributed by atoms with van der Waals surface area (Å²) in [6, 6.07) is 14.2.